The molecule has 2 aromatic carbocycles. The van der Waals surface area contributed by atoms with Crippen LogP contribution in [0.3, 0.4) is 0 Å². The van der Waals surface area contributed by atoms with Crippen LogP contribution >= 0.6 is 22.6 Å². The molecular formula is C15H14FIN2O2. The van der Waals surface area contributed by atoms with Gasteiger partial charge in [0.1, 0.15) is 11.5 Å². The van der Waals surface area contributed by atoms with E-state index in [1.807, 2.05) is 35.6 Å². The number of nitrogens with one attached hydrogen (secondary N) is 1. The molecule has 0 radical (unpaired) electrons. The number of hydrogen-bond acceptors (Lipinski definition) is 3. The summed E-state index contributed by atoms with van der Waals surface area (Å²) in [6, 6.07) is 11.3. The minimum Gasteiger partial charge on any atom is -0.377 e. The van der Waals surface area contributed by atoms with Gasteiger partial charge in [0.15, 0.2) is 0 Å². The van der Waals surface area contributed by atoms with Crippen molar-refractivity contribution in [3.63, 3.8) is 0 Å². The zero-order valence-electron chi connectivity index (χ0n) is 11.3. The first kappa shape index (κ1) is 15.7. The second-order valence-electron chi connectivity index (χ2n) is 4.79. The van der Waals surface area contributed by atoms with Gasteiger partial charge in [-0.15, -0.1) is 0 Å². The van der Waals surface area contributed by atoms with Gasteiger partial charge in [0, 0.05) is 15.7 Å². The minimum absolute atomic E-state index is 0.00535. The second-order valence-corrected chi connectivity index (χ2v) is 6.04. The maximum atomic E-state index is 12.9. The lowest BCUT2D eigenvalue weighted by Crippen LogP contribution is -2.18. The van der Waals surface area contributed by atoms with E-state index in [4.69, 9.17) is 0 Å². The number of hydrogen-bond donors (Lipinski definition) is 1. The average molecular weight is 400 g/mol. The third-order valence-corrected chi connectivity index (χ3v) is 3.68. The number of anilines is 1. The molecule has 0 saturated heterocycles. The van der Waals surface area contributed by atoms with Crippen LogP contribution < -0.4 is 5.32 Å². The van der Waals surface area contributed by atoms with Crippen molar-refractivity contribution >= 4 is 34.0 Å². The molecular weight excluding hydrogens is 386 g/mol. The third kappa shape index (κ3) is 4.38. The van der Waals surface area contributed by atoms with Gasteiger partial charge in [-0.1, -0.05) is 12.1 Å². The van der Waals surface area contributed by atoms with Gasteiger partial charge in [-0.05, 0) is 65.8 Å². The summed E-state index contributed by atoms with van der Waals surface area (Å²) in [6.07, 6.45) is 0.656. The Morgan fingerprint density at radius 3 is 2.57 bits per heavy atom. The molecule has 0 aromatic heterocycles. The number of nitrogens with zero attached hydrogens (tertiary/aromatic N) is 1. The van der Waals surface area contributed by atoms with Crippen LogP contribution in [-0.4, -0.2) is 11.0 Å². The van der Waals surface area contributed by atoms with Gasteiger partial charge in [-0.3, -0.25) is 10.1 Å². The Kier molecular flexibility index (Phi) is 5.11. The Morgan fingerprint density at radius 2 is 1.95 bits per heavy atom. The molecule has 1 atom stereocenters. The fourth-order valence-corrected chi connectivity index (χ4v) is 2.54. The molecule has 2 rings (SSSR count). The van der Waals surface area contributed by atoms with E-state index in [0.717, 1.165) is 9.13 Å². The zero-order valence-corrected chi connectivity index (χ0v) is 13.5. The van der Waals surface area contributed by atoms with E-state index in [0.29, 0.717) is 12.1 Å². The molecule has 0 aliphatic carbocycles. The van der Waals surface area contributed by atoms with Crippen LogP contribution in [0.4, 0.5) is 15.8 Å². The van der Waals surface area contributed by atoms with Crippen molar-refractivity contribution in [2.75, 3.05) is 5.32 Å². The van der Waals surface area contributed by atoms with Gasteiger partial charge in [-0.25, -0.2) is 4.39 Å². The minimum atomic E-state index is -0.394. The van der Waals surface area contributed by atoms with Gasteiger partial charge in [-0.2, -0.15) is 0 Å². The zero-order chi connectivity index (χ0) is 15.4. The fraction of sp³-hybridized carbons (Fsp3) is 0.200. The highest BCUT2D eigenvalue weighted by Gasteiger charge is 2.16. The van der Waals surface area contributed by atoms with Crippen LogP contribution in [0.1, 0.15) is 12.5 Å². The summed E-state index contributed by atoms with van der Waals surface area (Å²) in [4.78, 5) is 10.7. The van der Waals surface area contributed by atoms with E-state index in [-0.39, 0.29) is 17.5 Å². The maximum Gasteiger partial charge on any atom is 0.293 e. The van der Waals surface area contributed by atoms with Gasteiger partial charge < -0.3 is 5.32 Å². The maximum absolute atomic E-state index is 12.9. The van der Waals surface area contributed by atoms with Gasteiger partial charge >= 0.3 is 0 Å². The summed E-state index contributed by atoms with van der Waals surface area (Å²) < 4.78 is 13.7. The molecule has 0 saturated carbocycles. The van der Waals surface area contributed by atoms with Crippen LogP contribution in [0.5, 0.6) is 0 Å². The molecule has 0 spiro atoms. The molecule has 21 heavy (non-hydrogen) atoms. The Morgan fingerprint density at radius 1 is 1.29 bits per heavy atom. The van der Waals surface area contributed by atoms with E-state index >= 15 is 0 Å². The smallest absolute Gasteiger partial charge is 0.293 e. The lowest BCUT2D eigenvalue weighted by Gasteiger charge is -2.15. The molecule has 0 aliphatic heterocycles. The summed E-state index contributed by atoms with van der Waals surface area (Å²) in [7, 11) is 0. The second kappa shape index (κ2) is 6.84. The van der Waals surface area contributed by atoms with Crippen molar-refractivity contribution in [1.82, 2.24) is 0 Å². The predicted molar refractivity (Wildman–Crippen MR) is 89.0 cm³/mol. The fourth-order valence-electron chi connectivity index (χ4n) is 2.07. The standard InChI is InChI=1S/C15H14FIN2O2/c1-10(8-11-2-4-12(16)5-3-11)18-14-7-6-13(17)9-15(14)19(20)21/h2-7,9-10,18H,8H2,1H3. The topological polar surface area (TPSA) is 55.2 Å². The molecule has 0 fully saturated rings. The van der Waals surface area contributed by atoms with E-state index < -0.39 is 4.92 Å². The van der Waals surface area contributed by atoms with Crippen molar-refractivity contribution < 1.29 is 9.31 Å². The van der Waals surface area contributed by atoms with E-state index in [1.165, 1.54) is 18.2 Å². The molecule has 0 amide bonds. The lowest BCUT2D eigenvalue weighted by atomic mass is 10.1. The van der Waals surface area contributed by atoms with Crippen molar-refractivity contribution in [2.24, 2.45) is 0 Å². The summed E-state index contributed by atoms with van der Waals surface area (Å²) in [5, 5.41) is 14.2. The monoisotopic (exact) mass is 400 g/mol. The number of halogens is 2. The van der Waals surface area contributed by atoms with Gasteiger partial charge in [0.2, 0.25) is 0 Å². The van der Waals surface area contributed by atoms with Crippen LogP contribution in [-0.2, 0) is 6.42 Å². The van der Waals surface area contributed by atoms with Crippen molar-refractivity contribution in [1.29, 1.82) is 0 Å². The molecule has 1 N–H and O–H groups in total. The van der Waals surface area contributed by atoms with Crippen molar-refractivity contribution in [3.05, 3.63) is 67.5 Å². The Bertz CT molecular complexity index is 647. The Balaban J connectivity index is 2.10. The molecule has 6 heteroatoms. The third-order valence-electron chi connectivity index (χ3n) is 3.01. The molecule has 0 heterocycles. The predicted octanol–water partition coefficient (Wildman–Crippen LogP) is 4.38. The molecule has 4 nitrogen and oxygen atoms in total. The summed E-state index contributed by atoms with van der Waals surface area (Å²) in [6.45, 7) is 1.94. The van der Waals surface area contributed by atoms with Crippen molar-refractivity contribution in [3.8, 4) is 0 Å². The molecule has 110 valence electrons. The highest BCUT2D eigenvalue weighted by molar-refractivity contribution is 14.1. The van der Waals surface area contributed by atoms with E-state index in [1.54, 1.807) is 18.2 Å². The SMILES string of the molecule is CC(Cc1ccc(F)cc1)Nc1ccc(I)cc1[N+](=O)[O-]. The van der Waals surface area contributed by atoms with Crippen LogP contribution in [0, 0.1) is 19.5 Å². The number of nitro groups is 1. The first-order valence-corrected chi connectivity index (χ1v) is 7.48. The van der Waals surface area contributed by atoms with E-state index in [9.17, 15) is 14.5 Å². The summed E-state index contributed by atoms with van der Waals surface area (Å²) in [5.41, 5.74) is 1.53. The van der Waals surface area contributed by atoms with Gasteiger partial charge in [0.05, 0.1) is 4.92 Å². The van der Waals surface area contributed by atoms with Crippen LogP contribution in [0.15, 0.2) is 42.5 Å². The molecule has 0 bridgehead atoms. The first-order chi connectivity index (χ1) is 9.95. The number of rotatable bonds is 5. The Labute approximate surface area is 135 Å². The number of nitro benzene ring substituents is 1. The summed E-state index contributed by atoms with van der Waals surface area (Å²) >= 11 is 2.04. The summed E-state index contributed by atoms with van der Waals surface area (Å²) in [5.74, 6) is -0.271. The average Bonchev–Trinajstić information content (AvgIpc) is 2.43. The van der Waals surface area contributed by atoms with Crippen LogP contribution in [0.25, 0.3) is 0 Å². The Hall–Kier alpha value is -1.70. The largest absolute Gasteiger partial charge is 0.377 e. The van der Waals surface area contributed by atoms with E-state index in [2.05, 4.69) is 5.32 Å². The molecule has 2 aromatic rings. The number of benzene rings is 2. The molecule has 0 aliphatic rings. The van der Waals surface area contributed by atoms with Crippen LogP contribution in [0.2, 0.25) is 0 Å². The highest BCUT2D eigenvalue weighted by atomic mass is 127. The quantitative estimate of drug-likeness (QED) is 0.461. The molecule has 1 unspecified atom stereocenters. The van der Waals surface area contributed by atoms with Gasteiger partial charge in [0.25, 0.3) is 5.69 Å². The normalized spacial score (nSPS) is 12.0. The lowest BCUT2D eigenvalue weighted by molar-refractivity contribution is -0.384. The van der Waals surface area contributed by atoms with Crippen molar-refractivity contribution in [2.45, 2.75) is 19.4 Å². The highest BCUT2D eigenvalue weighted by Crippen LogP contribution is 2.27. The first-order valence-electron chi connectivity index (χ1n) is 6.40.